The third-order valence-corrected chi connectivity index (χ3v) is 5.33. The van der Waals surface area contributed by atoms with Gasteiger partial charge in [0.2, 0.25) is 5.91 Å². The molecule has 3 rings (SSSR count). The molecule has 1 amide bonds. The van der Waals surface area contributed by atoms with Gasteiger partial charge in [-0.15, -0.1) is 11.8 Å². The van der Waals surface area contributed by atoms with Crippen molar-refractivity contribution in [1.29, 1.82) is 0 Å². The van der Waals surface area contributed by atoms with Crippen LogP contribution in [0.3, 0.4) is 0 Å². The summed E-state index contributed by atoms with van der Waals surface area (Å²) >= 11 is 1.01. The van der Waals surface area contributed by atoms with Crippen LogP contribution in [-0.4, -0.2) is 43.7 Å². The van der Waals surface area contributed by atoms with Gasteiger partial charge in [-0.25, -0.2) is 8.78 Å². The number of carbonyl (C=O) groups is 2. The number of morpholine rings is 1. The first-order chi connectivity index (χ1) is 13.4. The summed E-state index contributed by atoms with van der Waals surface area (Å²) in [5.41, 5.74) is 1.10. The maximum absolute atomic E-state index is 14.4. The van der Waals surface area contributed by atoms with E-state index in [9.17, 15) is 18.4 Å². The van der Waals surface area contributed by atoms with Gasteiger partial charge in [-0.05, 0) is 37.3 Å². The van der Waals surface area contributed by atoms with Gasteiger partial charge in [0.1, 0.15) is 11.6 Å². The minimum absolute atomic E-state index is 0.0385. The standard InChI is InChI=1S/C20H20F2N2O3S/c1-13(25)14-2-5-19(17(22)10-14)28-12-20(26)23-15-3-4-18(16(21)11-15)24-6-8-27-9-7-24/h2-5,10-11H,6-9,12H2,1H3,(H,23,26). The van der Waals surface area contributed by atoms with Crippen molar-refractivity contribution in [2.45, 2.75) is 11.8 Å². The lowest BCUT2D eigenvalue weighted by Gasteiger charge is -2.29. The number of rotatable bonds is 6. The lowest BCUT2D eigenvalue weighted by Crippen LogP contribution is -2.36. The van der Waals surface area contributed by atoms with Gasteiger partial charge in [0.05, 0.1) is 24.7 Å². The molecular weight excluding hydrogens is 386 g/mol. The maximum atomic E-state index is 14.4. The van der Waals surface area contributed by atoms with Gasteiger partial charge in [-0.2, -0.15) is 0 Å². The number of benzene rings is 2. The highest BCUT2D eigenvalue weighted by Gasteiger charge is 2.16. The number of nitrogens with one attached hydrogen (secondary N) is 1. The molecule has 28 heavy (non-hydrogen) atoms. The summed E-state index contributed by atoms with van der Waals surface area (Å²) < 4.78 is 33.6. The Bertz CT molecular complexity index is 886. The van der Waals surface area contributed by atoms with Crippen LogP contribution in [0.4, 0.5) is 20.2 Å². The van der Waals surface area contributed by atoms with Gasteiger partial charge in [0.15, 0.2) is 5.78 Å². The molecule has 0 spiro atoms. The summed E-state index contributed by atoms with van der Waals surface area (Å²) in [6.45, 7) is 3.71. The van der Waals surface area contributed by atoms with E-state index in [4.69, 9.17) is 4.74 Å². The predicted octanol–water partition coefficient (Wildman–Crippen LogP) is 3.73. The number of thioether (sulfide) groups is 1. The number of ether oxygens (including phenoxy) is 1. The molecule has 0 aromatic heterocycles. The molecular formula is C20H20F2N2O3S. The molecule has 1 fully saturated rings. The van der Waals surface area contributed by atoms with Gasteiger partial charge in [-0.3, -0.25) is 9.59 Å². The topological polar surface area (TPSA) is 58.6 Å². The Morgan fingerprint density at radius 2 is 1.86 bits per heavy atom. The van der Waals surface area contributed by atoms with Crippen molar-refractivity contribution < 1.29 is 23.1 Å². The summed E-state index contributed by atoms with van der Waals surface area (Å²) in [7, 11) is 0. The highest BCUT2D eigenvalue weighted by Crippen LogP contribution is 2.25. The second-order valence-electron chi connectivity index (χ2n) is 6.30. The van der Waals surface area contributed by atoms with Crippen molar-refractivity contribution in [3.63, 3.8) is 0 Å². The first kappa shape index (κ1) is 20.3. The number of halogens is 2. The van der Waals surface area contributed by atoms with E-state index in [1.54, 1.807) is 12.1 Å². The van der Waals surface area contributed by atoms with Crippen molar-refractivity contribution in [2.24, 2.45) is 0 Å². The normalized spacial score (nSPS) is 14.0. The summed E-state index contributed by atoms with van der Waals surface area (Å²) in [6.07, 6.45) is 0. The van der Waals surface area contributed by atoms with Crippen LogP contribution in [0.25, 0.3) is 0 Å². The second kappa shape index (κ2) is 9.16. The molecule has 1 heterocycles. The van der Waals surface area contributed by atoms with Crippen molar-refractivity contribution in [3.8, 4) is 0 Å². The number of Topliss-reactive ketones (excluding diaryl/α,β-unsaturated/α-hetero) is 1. The Kier molecular flexibility index (Phi) is 6.64. The monoisotopic (exact) mass is 406 g/mol. The Morgan fingerprint density at radius 1 is 1.11 bits per heavy atom. The molecule has 0 radical (unpaired) electrons. The Morgan fingerprint density at radius 3 is 2.50 bits per heavy atom. The van der Waals surface area contributed by atoms with Gasteiger partial charge in [0, 0.05) is 29.2 Å². The molecule has 1 aliphatic heterocycles. The zero-order valence-corrected chi connectivity index (χ0v) is 16.2. The lowest BCUT2D eigenvalue weighted by atomic mass is 10.1. The number of amides is 1. The number of hydrogen-bond acceptors (Lipinski definition) is 5. The van der Waals surface area contributed by atoms with E-state index in [2.05, 4.69) is 5.32 Å². The number of nitrogens with zero attached hydrogens (tertiary/aromatic N) is 1. The lowest BCUT2D eigenvalue weighted by molar-refractivity contribution is -0.113. The third kappa shape index (κ3) is 5.08. The molecule has 148 valence electrons. The number of carbonyl (C=O) groups excluding carboxylic acids is 2. The minimum atomic E-state index is -0.550. The van der Waals surface area contributed by atoms with Crippen LogP contribution in [0.5, 0.6) is 0 Å². The molecule has 0 atom stereocenters. The van der Waals surface area contributed by atoms with Crippen LogP contribution < -0.4 is 10.2 Å². The third-order valence-electron chi connectivity index (χ3n) is 4.28. The van der Waals surface area contributed by atoms with Gasteiger partial charge < -0.3 is 15.0 Å². The molecule has 1 saturated heterocycles. The van der Waals surface area contributed by atoms with Crippen molar-refractivity contribution in [1.82, 2.24) is 0 Å². The number of anilines is 2. The molecule has 0 saturated carbocycles. The zero-order chi connectivity index (χ0) is 20.1. The smallest absolute Gasteiger partial charge is 0.234 e. The van der Waals surface area contributed by atoms with Gasteiger partial charge in [-0.1, -0.05) is 6.07 Å². The number of hydrogen-bond donors (Lipinski definition) is 1. The molecule has 1 aliphatic rings. The van der Waals surface area contributed by atoms with Crippen molar-refractivity contribution >= 4 is 34.8 Å². The molecule has 8 heteroatoms. The number of ketones is 1. The summed E-state index contributed by atoms with van der Waals surface area (Å²) in [5.74, 6) is -1.61. The Hall–Kier alpha value is -2.45. The molecule has 1 N–H and O–H groups in total. The van der Waals surface area contributed by atoms with Crippen LogP contribution in [0, 0.1) is 11.6 Å². The fourth-order valence-corrected chi connectivity index (χ4v) is 3.54. The van der Waals surface area contributed by atoms with Gasteiger partial charge in [0.25, 0.3) is 0 Å². The highest BCUT2D eigenvalue weighted by atomic mass is 32.2. The highest BCUT2D eigenvalue weighted by molar-refractivity contribution is 8.00. The van der Waals surface area contributed by atoms with E-state index in [1.165, 1.54) is 25.1 Å². The quantitative estimate of drug-likeness (QED) is 0.585. The molecule has 0 bridgehead atoms. The second-order valence-corrected chi connectivity index (χ2v) is 7.32. The molecule has 0 unspecified atom stereocenters. The average Bonchev–Trinajstić information content (AvgIpc) is 2.67. The molecule has 2 aromatic rings. The maximum Gasteiger partial charge on any atom is 0.234 e. The summed E-state index contributed by atoms with van der Waals surface area (Å²) in [6, 6.07) is 8.69. The van der Waals surface area contributed by atoms with E-state index in [1.807, 2.05) is 4.90 Å². The van der Waals surface area contributed by atoms with Crippen LogP contribution in [0.2, 0.25) is 0 Å². The van der Waals surface area contributed by atoms with Crippen LogP contribution in [0.15, 0.2) is 41.3 Å². The Labute approximate surface area is 166 Å². The van der Waals surface area contributed by atoms with Gasteiger partial charge >= 0.3 is 0 Å². The zero-order valence-electron chi connectivity index (χ0n) is 15.3. The van der Waals surface area contributed by atoms with Crippen LogP contribution in [-0.2, 0) is 9.53 Å². The van der Waals surface area contributed by atoms with E-state index in [0.717, 1.165) is 17.8 Å². The first-order valence-corrected chi connectivity index (χ1v) is 9.78. The van der Waals surface area contributed by atoms with E-state index < -0.39 is 11.6 Å². The van der Waals surface area contributed by atoms with E-state index >= 15 is 0 Å². The molecule has 0 aliphatic carbocycles. The molecule has 5 nitrogen and oxygen atoms in total. The predicted molar refractivity (Wildman–Crippen MR) is 105 cm³/mol. The fourth-order valence-electron chi connectivity index (χ4n) is 2.82. The SMILES string of the molecule is CC(=O)c1ccc(SCC(=O)Nc2ccc(N3CCOCC3)c(F)c2)c(F)c1. The van der Waals surface area contributed by atoms with Crippen LogP contribution >= 0.6 is 11.8 Å². The summed E-state index contributed by atoms with van der Waals surface area (Å²) in [5, 5.41) is 2.61. The largest absolute Gasteiger partial charge is 0.378 e. The fraction of sp³-hybridized carbons (Fsp3) is 0.300. The van der Waals surface area contributed by atoms with Crippen molar-refractivity contribution in [3.05, 3.63) is 53.6 Å². The van der Waals surface area contributed by atoms with Crippen molar-refractivity contribution in [2.75, 3.05) is 42.3 Å². The minimum Gasteiger partial charge on any atom is -0.378 e. The first-order valence-electron chi connectivity index (χ1n) is 8.79. The van der Waals surface area contributed by atoms with E-state index in [0.29, 0.717) is 37.7 Å². The summed E-state index contributed by atoms with van der Waals surface area (Å²) in [4.78, 5) is 25.5. The van der Waals surface area contributed by atoms with Crippen LogP contribution in [0.1, 0.15) is 17.3 Å². The van der Waals surface area contributed by atoms with E-state index in [-0.39, 0.29) is 27.9 Å². The molecule has 2 aromatic carbocycles. The Balaban J connectivity index is 1.57. The average molecular weight is 406 g/mol.